The molecule has 1 saturated carbocycles. The van der Waals surface area contributed by atoms with E-state index in [1.54, 1.807) is 0 Å². The topological polar surface area (TPSA) is 21.8 Å². The van der Waals surface area contributed by atoms with Gasteiger partial charge in [-0.3, -0.25) is 0 Å². The molecule has 0 N–H and O–H groups in total. The quantitative estimate of drug-likeness (QED) is 0.298. The molecule has 0 radical (unpaired) electrons. The maximum absolute atomic E-state index is 5.28. The second-order valence-electron chi connectivity index (χ2n) is 7.56. The molecule has 2 heteroatoms. The third-order valence-electron chi connectivity index (χ3n) is 4.31. The number of hydrogen-bond acceptors (Lipinski definition) is 2. The molecule has 2 rings (SSSR count). The van der Waals surface area contributed by atoms with Gasteiger partial charge in [0.1, 0.15) is 6.61 Å². The van der Waals surface area contributed by atoms with Crippen molar-refractivity contribution in [2.24, 2.45) is 17.8 Å². The van der Waals surface area contributed by atoms with Crippen molar-refractivity contribution < 1.29 is 9.47 Å². The van der Waals surface area contributed by atoms with E-state index in [0.29, 0.717) is 5.92 Å². The van der Waals surface area contributed by atoms with E-state index in [2.05, 4.69) is 41.2 Å². The van der Waals surface area contributed by atoms with Gasteiger partial charge >= 0.3 is 0 Å². The highest BCUT2D eigenvalue weighted by Crippen LogP contribution is 2.25. The molecule has 1 unspecified atom stereocenters. The van der Waals surface area contributed by atoms with Crippen molar-refractivity contribution in [3.63, 3.8) is 0 Å². The second kappa shape index (κ2) is 15.2. The molecule has 2 nitrogen and oxygen atoms in total. The first-order chi connectivity index (χ1) is 11.0. The lowest BCUT2D eigenvalue weighted by molar-refractivity contribution is 0.0468. The fraction of sp³-hybridized carbons (Fsp3) is 0.905. The van der Waals surface area contributed by atoms with Crippen LogP contribution < -0.4 is 0 Å². The van der Waals surface area contributed by atoms with E-state index in [1.165, 1.54) is 44.9 Å². The van der Waals surface area contributed by atoms with Gasteiger partial charge < -0.3 is 9.47 Å². The Morgan fingerprint density at radius 1 is 1.13 bits per heavy atom. The van der Waals surface area contributed by atoms with Crippen LogP contribution in [0.25, 0.3) is 0 Å². The van der Waals surface area contributed by atoms with E-state index in [1.807, 2.05) is 6.08 Å². The maximum atomic E-state index is 5.28. The van der Waals surface area contributed by atoms with Crippen LogP contribution in [0.3, 0.4) is 0 Å². The van der Waals surface area contributed by atoms with Gasteiger partial charge in [-0.25, -0.2) is 0 Å². The number of allylic oxidation sites excluding steroid dienone is 1. The maximum Gasteiger partial charge on any atom is 0.181 e. The van der Waals surface area contributed by atoms with Crippen LogP contribution in [0.5, 0.6) is 0 Å². The summed E-state index contributed by atoms with van der Waals surface area (Å²) in [6.45, 7) is 16.2. The third-order valence-corrected chi connectivity index (χ3v) is 4.31. The number of rotatable bonds is 7. The monoisotopic (exact) mass is 326 g/mol. The minimum absolute atomic E-state index is 0.146. The van der Waals surface area contributed by atoms with Gasteiger partial charge in [-0.05, 0) is 30.6 Å². The van der Waals surface area contributed by atoms with Crippen molar-refractivity contribution in [2.45, 2.75) is 92.3 Å². The molecular formula is C21H42O2. The zero-order valence-electron chi connectivity index (χ0n) is 16.5. The molecule has 1 aliphatic heterocycles. The van der Waals surface area contributed by atoms with Gasteiger partial charge in [0.2, 0.25) is 0 Å². The van der Waals surface area contributed by atoms with E-state index >= 15 is 0 Å². The Balaban J connectivity index is 0.000000335. The molecule has 1 saturated heterocycles. The molecule has 0 aromatic heterocycles. The lowest BCUT2D eigenvalue weighted by Gasteiger charge is -2.18. The summed E-state index contributed by atoms with van der Waals surface area (Å²) in [5, 5.41) is 0. The van der Waals surface area contributed by atoms with E-state index in [0.717, 1.165) is 31.5 Å². The van der Waals surface area contributed by atoms with Gasteiger partial charge in [0.15, 0.2) is 6.29 Å². The Bertz CT molecular complexity index is 247. The van der Waals surface area contributed by atoms with Crippen LogP contribution in [0.2, 0.25) is 0 Å². The Kier molecular flexibility index (Phi) is 15.0. The highest BCUT2D eigenvalue weighted by atomic mass is 16.8. The molecule has 0 amide bonds. The Labute approximate surface area is 146 Å². The predicted octanol–water partition coefficient (Wildman–Crippen LogP) is 6.60. The first-order valence-corrected chi connectivity index (χ1v) is 9.85. The lowest BCUT2D eigenvalue weighted by Crippen LogP contribution is -2.03. The first-order valence-electron chi connectivity index (χ1n) is 9.85. The minimum Gasteiger partial charge on any atom is -0.350 e. The summed E-state index contributed by atoms with van der Waals surface area (Å²) >= 11 is 0. The summed E-state index contributed by atoms with van der Waals surface area (Å²) in [4.78, 5) is 0. The zero-order valence-corrected chi connectivity index (χ0v) is 16.5. The first kappa shape index (κ1) is 22.7. The molecule has 23 heavy (non-hydrogen) atoms. The molecule has 0 aromatic rings. The van der Waals surface area contributed by atoms with E-state index < -0.39 is 0 Å². The fourth-order valence-electron chi connectivity index (χ4n) is 2.44. The minimum atomic E-state index is 0.146. The van der Waals surface area contributed by atoms with Crippen molar-refractivity contribution in [3.05, 3.63) is 12.7 Å². The van der Waals surface area contributed by atoms with Crippen LogP contribution in [0.15, 0.2) is 12.7 Å². The van der Waals surface area contributed by atoms with Crippen LogP contribution >= 0.6 is 0 Å². The molecule has 2 aliphatic rings. The molecule has 2 fully saturated rings. The van der Waals surface area contributed by atoms with Crippen LogP contribution in [0, 0.1) is 17.8 Å². The predicted molar refractivity (Wildman–Crippen MR) is 102 cm³/mol. The van der Waals surface area contributed by atoms with Crippen molar-refractivity contribution in [1.29, 1.82) is 0 Å². The van der Waals surface area contributed by atoms with Gasteiger partial charge in [-0.15, -0.1) is 6.58 Å². The second-order valence-corrected chi connectivity index (χ2v) is 7.56. The van der Waals surface area contributed by atoms with Crippen LogP contribution in [-0.4, -0.2) is 19.5 Å². The lowest BCUT2D eigenvalue weighted by atomic mass is 9.88. The molecule has 1 aliphatic carbocycles. The number of epoxide rings is 1. The van der Waals surface area contributed by atoms with Crippen LogP contribution in [0.1, 0.15) is 86.0 Å². The molecule has 0 bridgehead atoms. The van der Waals surface area contributed by atoms with E-state index in [4.69, 9.17) is 9.47 Å². The summed E-state index contributed by atoms with van der Waals surface area (Å²) in [6, 6.07) is 0. The average Bonchev–Trinajstić information content (AvgIpc) is 3.37. The normalized spacial score (nSPS) is 20.4. The molecule has 0 aromatic carbocycles. The third kappa shape index (κ3) is 17.8. The molecule has 0 spiro atoms. The fourth-order valence-corrected chi connectivity index (χ4v) is 2.44. The largest absolute Gasteiger partial charge is 0.350 e. The van der Waals surface area contributed by atoms with Crippen molar-refractivity contribution >= 4 is 0 Å². The standard InChI is InChI=1S/C8H16O2.C8H16.C5H10/c1-7(2)4-3-5-9-8-6-10-8;1-2-8-6-4-3-5-7-8;1-4-5(2)3/h7-8H,3-6H2,1-2H3;8H,2-7H2,1H3;4-5H,1H2,2-3H3. The Morgan fingerprint density at radius 3 is 2.04 bits per heavy atom. The number of ether oxygens (including phenoxy) is 2. The summed E-state index contributed by atoms with van der Waals surface area (Å²) < 4.78 is 10.2. The Morgan fingerprint density at radius 2 is 1.70 bits per heavy atom. The van der Waals surface area contributed by atoms with Crippen molar-refractivity contribution in [1.82, 2.24) is 0 Å². The van der Waals surface area contributed by atoms with Crippen molar-refractivity contribution in [2.75, 3.05) is 13.2 Å². The summed E-state index contributed by atoms with van der Waals surface area (Å²) in [5.74, 6) is 2.53. The molecule has 1 heterocycles. The summed E-state index contributed by atoms with van der Waals surface area (Å²) in [6.07, 6.45) is 13.4. The molecule has 138 valence electrons. The van der Waals surface area contributed by atoms with Gasteiger partial charge in [0, 0.05) is 6.61 Å². The van der Waals surface area contributed by atoms with E-state index in [9.17, 15) is 0 Å². The highest BCUT2D eigenvalue weighted by Gasteiger charge is 2.22. The molecular weight excluding hydrogens is 284 g/mol. The summed E-state index contributed by atoms with van der Waals surface area (Å²) in [7, 11) is 0. The summed E-state index contributed by atoms with van der Waals surface area (Å²) in [5.41, 5.74) is 0. The van der Waals surface area contributed by atoms with Gasteiger partial charge in [0.05, 0.1) is 0 Å². The smallest absolute Gasteiger partial charge is 0.181 e. The molecule has 1 atom stereocenters. The Hall–Kier alpha value is -0.340. The van der Waals surface area contributed by atoms with Gasteiger partial charge in [-0.1, -0.05) is 79.2 Å². The average molecular weight is 327 g/mol. The number of hydrogen-bond donors (Lipinski definition) is 0. The van der Waals surface area contributed by atoms with Crippen LogP contribution in [-0.2, 0) is 9.47 Å². The highest BCUT2D eigenvalue weighted by molar-refractivity contribution is 4.69. The van der Waals surface area contributed by atoms with Crippen molar-refractivity contribution in [3.8, 4) is 0 Å². The van der Waals surface area contributed by atoms with Crippen LogP contribution in [0.4, 0.5) is 0 Å². The van der Waals surface area contributed by atoms with E-state index in [-0.39, 0.29) is 6.29 Å². The SMILES string of the molecule is C=CC(C)C.CC(C)CCCOC1CO1.CCC1CCCCC1. The van der Waals surface area contributed by atoms with Gasteiger partial charge in [0.25, 0.3) is 0 Å². The van der Waals surface area contributed by atoms with Gasteiger partial charge in [-0.2, -0.15) is 0 Å². The zero-order chi connectivity index (χ0) is 17.5.